The van der Waals surface area contributed by atoms with Gasteiger partial charge in [0, 0.05) is 42.9 Å². The molecule has 2 aromatic rings. The summed E-state index contributed by atoms with van der Waals surface area (Å²) >= 11 is 0. The van der Waals surface area contributed by atoms with Gasteiger partial charge in [0.25, 0.3) is 0 Å². The molecule has 0 atom stereocenters. The minimum atomic E-state index is -0.306. The summed E-state index contributed by atoms with van der Waals surface area (Å²) in [5.41, 5.74) is 1.45. The van der Waals surface area contributed by atoms with Crippen molar-refractivity contribution >= 4 is 16.9 Å². The van der Waals surface area contributed by atoms with Gasteiger partial charge in [0.15, 0.2) is 5.58 Å². The van der Waals surface area contributed by atoms with Gasteiger partial charge in [-0.05, 0) is 70.7 Å². The molecule has 2 aliphatic rings. The molecule has 6 nitrogen and oxygen atoms in total. The van der Waals surface area contributed by atoms with E-state index in [-0.39, 0.29) is 23.7 Å². The van der Waals surface area contributed by atoms with Crippen molar-refractivity contribution in [3.05, 3.63) is 29.7 Å². The highest BCUT2D eigenvalue weighted by atomic mass is 19.1. The number of carbonyl (C=O) groups excluding carboxylic acids is 1. The van der Waals surface area contributed by atoms with Crippen LogP contribution in [0.25, 0.3) is 11.0 Å². The number of nitrogens with zero attached hydrogens (tertiary/aromatic N) is 3. The molecule has 1 saturated heterocycles. The van der Waals surface area contributed by atoms with Crippen LogP contribution in [0.1, 0.15) is 57.1 Å². The van der Waals surface area contributed by atoms with Gasteiger partial charge in [-0.25, -0.2) is 4.39 Å². The van der Waals surface area contributed by atoms with Crippen molar-refractivity contribution in [2.75, 3.05) is 32.7 Å². The predicted octanol–water partition coefficient (Wildman–Crippen LogP) is 3.55. The van der Waals surface area contributed by atoms with Crippen LogP contribution in [0.4, 0.5) is 4.39 Å². The Hall–Kier alpha value is -1.99. The van der Waals surface area contributed by atoms with E-state index in [2.05, 4.69) is 10.1 Å². The monoisotopic (exact) mass is 417 g/mol. The minimum Gasteiger partial charge on any atom is -0.393 e. The molecule has 1 aliphatic heterocycles. The van der Waals surface area contributed by atoms with Gasteiger partial charge in [-0.15, -0.1) is 0 Å². The molecule has 1 aromatic carbocycles. The summed E-state index contributed by atoms with van der Waals surface area (Å²) in [6, 6.07) is 4.61. The van der Waals surface area contributed by atoms with Crippen LogP contribution >= 0.6 is 0 Å². The van der Waals surface area contributed by atoms with Crippen molar-refractivity contribution in [3.63, 3.8) is 0 Å². The van der Waals surface area contributed by atoms with Crippen LogP contribution in [0.5, 0.6) is 0 Å². The molecular formula is C23H32FN3O3. The summed E-state index contributed by atoms with van der Waals surface area (Å²) in [7, 11) is 0. The van der Waals surface area contributed by atoms with Gasteiger partial charge in [0.2, 0.25) is 5.91 Å². The van der Waals surface area contributed by atoms with Crippen molar-refractivity contribution in [2.45, 2.75) is 57.5 Å². The molecular weight excluding hydrogens is 385 g/mol. The number of likely N-dealkylation sites (N-methyl/N-ethyl adjacent to an activating group) is 1. The van der Waals surface area contributed by atoms with Gasteiger partial charge < -0.3 is 19.4 Å². The maximum atomic E-state index is 13.4. The van der Waals surface area contributed by atoms with Crippen LogP contribution in [0.3, 0.4) is 0 Å². The third kappa shape index (κ3) is 4.67. The molecule has 0 spiro atoms. The summed E-state index contributed by atoms with van der Waals surface area (Å²) in [6.45, 7) is 6.33. The number of aliphatic hydroxyl groups excluding tert-OH is 1. The summed E-state index contributed by atoms with van der Waals surface area (Å²) in [5, 5.41) is 14.8. The van der Waals surface area contributed by atoms with E-state index >= 15 is 0 Å². The largest absolute Gasteiger partial charge is 0.393 e. The number of hydrogen-bond acceptors (Lipinski definition) is 5. The average Bonchev–Trinajstić information content (AvgIpc) is 3.18. The predicted molar refractivity (Wildman–Crippen MR) is 113 cm³/mol. The topological polar surface area (TPSA) is 69.8 Å². The SMILES string of the molecule is CCN(CCN1CCC(c2noc3cc(F)ccc23)CC1)C(=O)[C@H]1CC[C@@H](O)CC1. The van der Waals surface area contributed by atoms with E-state index in [1.807, 2.05) is 11.8 Å². The first kappa shape index (κ1) is 21.2. The summed E-state index contributed by atoms with van der Waals surface area (Å²) in [6.07, 6.45) is 4.83. The number of aromatic nitrogens is 1. The third-order valence-electron chi connectivity index (χ3n) is 6.86. The van der Waals surface area contributed by atoms with E-state index < -0.39 is 0 Å². The van der Waals surface area contributed by atoms with Crippen LogP contribution in [-0.2, 0) is 4.79 Å². The maximum Gasteiger partial charge on any atom is 0.225 e. The van der Waals surface area contributed by atoms with Crippen LogP contribution < -0.4 is 0 Å². The van der Waals surface area contributed by atoms with Crippen molar-refractivity contribution in [3.8, 4) is 0 Å². The van der Waals surface area contributed by atoms with E-state index in [1.165, 1.54) is 12.1 Å². The molecule has 1 amide bonds. The first-order valence-corrected chi connectivity index (χ1v) is 11.3. The lowest BCUT2D eigenvalue weighted by atomic mass is 9.86. The van der Waals surface area contributed by atoms with Gasteiger partial charge >= 0.3 is 0 Å². The number of fused-ring (bicyclic) bond motifs is 1. The summed E-state index contributed by atoms with van der Waals surface area (Å²) in [4.78, 5) is 17.2. The molecule has 2 fully saturated rings. The lowest BCUT2D eigenvalue weighted by Gasteiger charge is -2.34. The van der Waals surface area contributed by atoms with Gasteiger partial charge in [0.05, 0.1) is 11.8 Å². The highest BCUT2D eigenvalue weighted by Crippen LogP contribution is 2.33. The lowest BCUT2D eigenvalue weighted by molar-refractivity contribution is -0.137. The maximum absolute atomic E-state index is 13.4. The molecule has 0 radical (unpaired) electrons. The minimum absolute atomic E-state index is 0.0735. The number of piperidine rings is 1. The number of aliphatic hydroxyl groups is 1. The summed E-state index contributed by atoms with van der Waals surface area (Å²) in [5.74, 6) is 0.343. The zero-order valence-electron chi connectivity index (χ0n) is 17.7. The number of halogens is 1. The Kier molecular flexibility index (Phi) is 6.68. The molecule has 1 aliphatic carbocycles. The van der Waals surface area contributed by atoms with Crippen LogP contribution in [0.15, 0.2) is 22.7 Å². The Bertz CT molecular complexity index is 854. The molecule has 1 aromatic heterocycles. The number of rotatable bonds is 6. The van der Waals surface area contributed by atoms with E-state index in [9.17, 15) is 14.3 Å². The molecule has 1 N–H and O–H groups in total. The average molecular weight is 418 g/mol. The first-order chi connectivity index (χ1) is 14.5. The molecule has 0 unspecified atom stereocenters. The van der Waals surface area contributed by atoms with E-state index in [1.54, 1.807) is 6.07 Å². The molecule has 0 bridgehead atoms. The molecule has 4 rings (SSSR count). The van der Waals surface area contributed by atoms with Gasteiger partial charge in [0.1, 0.15) is 5.82 Å². The van der Waals surface area contributed by atoms with Crippen LogP contribution in [-0.4, -0.2) is 64.8 Å². The van der Waals surface area contributed by atoms with Crippen molar-refractivity contribution < 1.29 is 18.8 Å². The highest BCUT2D eigenvalue weighted by molar-refractivity contribution is 5.80. The zero-order valence-corrected chi connectivity index (χ0v) is 17.7. The van der Waals surface area contributed by atoms with E-state index in [0.29, 0.717) is 11.5 Å². The Labute approximate surface area is 177 Å². The normalized spacial score (nSPS) is 23.7. The molecule has 2 heterocycles. The van der Waals surface area contributed by atoms with Crippen molar-refractivity contribution in [1.29, 1.82) is 0 Å². The van der Waals surface area contributed by atoms with Crippen LogP contribution in [0.2, 0.25) is 0 Å². The second kappa shape index (κ2) is 9.43. The Morgan fingerprint density at radius 2 is 1.97 bits per heavy atom. The fraction of sp³-hybridized carbons (Fsp3) is 0.652. The van der Waals surface area contributed by atoms with Gasteiger partial charge in [-0.2, -0.15) is 0 Å². The molecule has 30 heavy (non-hydrogen) atoms. The molecule has 164 valence electrons. The number of likely N-dealkylation sites (tertiary alicyclic amines) is 1. The number of amides is 1. The number of carbonyl (C=O) groups is 1. The second-order valence-corrected chi connectivity index (χ2v) is 8.75. The molecule has 1 saturated carbocycles. The smallest absolute Gasteiger partial charge is 0.225 e. The fourth-order valence-corrected chi connectivity index (χ4v) is 4.92. The second-order valence-electron chi connectivity index (χ2n) is 8.75. The van der Waals surface area contributed by atoms with Gasteiger partial charge in [-0.1, -0.05) is 5.16 Å². The van der Waals surface area contributed by atoms with E-state index in [4.69, 9.17) is 4.52 Å². The standard InChI is InChI=1S/C23H32FN3O3/c1-2-27(23(29)17-3-6-19(28)7-4-17)14-13-26-11-9-16(10-12-26)22-20-8-5-18(24)15-21(20)30-25-22/h5,8,15-17,19,28H,2-4,6-7,9-14H2,1H3/t17-,19+. The van der Waals surface area contributed by atoms with Crippen molar-refractivity contribution in [2.24, 2.45) is 5.92 Å². The number of benzene rings is 1. The highest BCUT2D eigenvalue weighted by Gasteiger charge is 2.29. The molecule has 7 heteroatoms. The Balaban J connectivity index is 1.27. The lowest BCUT2D eigenvalue weighted by Crippen LogP contribution is -2.44. The Morgan fingerprint density at radius 1 is 1.23 bits per heavy atom. The number of hydrogen-bond donors (Lipinski definition) is 1. The zero-order chi connectivity index (χ0) is 21.1. The van der Waals surface area contributed by atoms with Crippen LogP contribution in [0, 0.1) is 11.7 Å². The van der Waals surface area contributed by atoms with Crippen molar-refractivity contribution in [1.82, 2.24) is 15.0 Å². The fourth-order valence-electron chi connectivity index (χ4n) is 4.92. The van der Waals surface area contributed by atoms with E-state index in [0.717, 1.165) is 82.3 Å². The quantitative estimate of drug-likeness (QED) is 0.779. The Morgan fingerprint density at radius 3 is 2.67 bits per heavy atom. The third-order valence-corrected chi connectivity index (χ3v) is 6.86. The van der Waals surface area contributed by atoms with Gasteiger partial charge in [-0.3, -0.25) is 4.79 Å². The summed E-state index contributed by atoms with van der Waals surface area (Å²) < 4.78 is 18.7. The first-order valence-electron chi connectivity index (χ1n) is 11.3.